The number of aliphatic carboxylic acids is 1. The highest BCUT2D eigenvalue weighted by Gasteiger charge is 2.44. The normalized spacial score (nSPS) is 16.1. The van der Waals surface area contributed by atoms with Crippen LogP contribution in [0.3, 0.4) is 0 Å². The lowest BCUT2D eigenvalue weighted by atomic mass is 9.69. The number of carboxylic acid groups (broad SMARTS) is 1. The summed E-state index contributed by atoms with van der Waals surface area (Å²) in [6.45, 7) is 0.0760. The largest absolute Gasteiger partial charge is 0.507 e. The second-order valence-corrected chi connectivity index (χ2v) is 5.00. The van der Waals surface area contributed by atoms with E-state index in [1.807, 2.05) is 0 Å². The maximum Gasteiger partial charge on any atom is 0.311 e. The van der Waals surface area contributed by atoms with Crippen molar-refractivity contribution in [1.29, 1.82) is 0 Å². The molecule has 0 saturated heterocycles. The first-order chi connectivity index (χ1) is 9.48. The molecule has 0 bridgehead atoms. The Labute approximate surface area is 116 Å². The Morgan fingerprint density at radius 2 is 2.10 bits per heavy atom. The van der Waals surface area contributed by atoms with Gasteiger partial charge in [0.15, 0.2) is 0 Å². The number of ether oxygens (including phenoxy) is 1. The number of carbonyl (C=O) groups is 2. The van der Waals surface area contributed by atoms with Crippen molar-refractivity contribution < 1.29 is 24.5 Å². The number of benzene rings is 1. The van der Waals surface area contributed by atoms with Gasteiger partial charge in [0.2, 0.25) is 0 Å². The highest BCUT2D eigenvalue weighted by atomic mass is 16.5. The fraction of sp³-hybridized carbons (Fsp3) is 0.429. The molecule has 3 N–H and O–H groups in total. The van der Waals surface area contributed by atoms with Crippen LogP contribution < -0.4 is 10.1 Å². The van der Waals surface area contributed by atoms with Crippen LogP contribution >= 0.6 is 0 Å². The number of hydrogen-bond acceptors (Lipinski definition) is 4. The lowest BCUT2D eigenvalue weighted by Crippen LogP contribution is -2.47. The van der Waals surface area contributed by atoms with Crippen LogP contribution in [0.5, 0.6) is 11.5 Å². The van der Waals surface area contributed by atoms with Crippen molar-refractivity contribution in [2.75, 3.05) is 13.7 Å². The number of phenols is 1. The van der Waals surface area contributed by atoms with E-state index in [2.05, 4.69) is 5.32 Å². The van der Waals surface area contributed by atoms with E-state index in [1.165, 1.54) is 19.2 Å². The zero-order valence-electron chi connectivity index (χ0n) is 11.2. The number of aromatic hydroxyl groups is 1. The first kappa shape index (κ1) is 14.2. The van der Waals surface area contributed by atoms with Gasteiger partial charge in [-0.1, -0.05) is 6.42 Å². The van der Waals surface area contributed by atoms with Crippen LogP contribution in [0.2, 0.25) is 0 Å². The van der Waals surface area contributed by atoms with Crippen molar-refractivity contribution >= 4 is 11.9 Å². The second kappa shape index (κ2) is 5.40. The topological polar surface area (TPSA) is 95.9 Å². The van der Waals surface area contributed by atoms with E-state index < -0.39 is 17.3 Å². The molecular formula is C14H17NO5. The Bertz CT molecular complexity index is 536. The average molecular weight is 279 g/mol. The van der Waals surface area contributed by atoms with Gasteiger partial charge in [-0.25, -0.2) is 0 Å². The predicted octanol–water partition coefficient (Wildman–Crippen LogP) is 1.39. The number of nitrogens with one attached hydrogen (secondary N) is 1. The molecule has 2 rings (SSSR count). The number of carboxylic acids is 1. The number of methoxy groups -OCH3 is 1. The summed E-state index contributed by atoms with van der Waals surface area (Å²) in [4.78, 5) is 23.2. The molecule has 1 aliphatic carbocycles. The van der Waals surface area contributed by atoms with E-state index in [1.54, 1.807) is 6.07 Å². The van der Waals surface area contributed by atoms with Gasteiger partial charge in [0.05, 0.1) is 18.1 Å². The first-order valence-corrected chi connectivity index (χ1v) is 6.37. The third-order valence-corrected chi connectivity index (χ3v) is 3.80. The third kappa shape index (κ3) is 2.54. The molecule has 0 heterocycles. The summed E-state index contributed by atoms with van der Waals surface area (Å²) in [5, 5.41) is 21.5. The quantitative estimate of drug-likeness (QED) is 0.757. The first-order valence-electron chi connectivity index (χ1n) is 6.37. The van der Waals surface area contributed by atoms with Gasteiger partial charge in [-0.3, -0.25) is 9.59 Å². The molecule has 1 aromatic carbocycles. The summed E-state index contributed by atoms with van der Waals surface area (Å²) in [5.74, 6) is -1.12. The maximum absolute atomic E-state index is 12.0. The van der Waals surface area contributed by atoms with Crippen molar-refractivity contribution in [1.82, 2.24) is 5.32 Å². The second-order valence-electron chi connectivity index (χ2n) is 5.00. The van der Waals surface area contributed by atoms with Crippen LogP contribution in [0.1, 0.15) is 29.6 Å². The fourth-order valence-electron chi connectivity index (χ4n) is 2.24. The lowest BCUT2D eigenvalue weighted by Gasteiger charge is -2.37. The molecule has 0 aromatic heterocycles. The zero-order valence-corrected chi connectivity index (χ0v) is 11.2. The van der Waals surface area contributed by atoms with E-state index >= 15 is 0 Å². The highest BCUT2D eigenvalue weighted by Crippen LogP contribution is 2.40. The Morgan fingerprint density at radius 1 is 1.40 bits per heavy atom. The summed E-state index contributed by atoms with van der Waals surface area (Å²) in [5.41, 5.74) is -0.747. The summed E-state index contributed by atoms with van der Waals surface area (Å²) in [6.07, 6.45) is 1.99. The summed E-state index contributed by atoms with van der Waals surface area (Å²) < 4.78 is 4.93. The van der Waals surface area contributed by atoms with Crippen LogP contribution in [0.4, 0.5) is 0 Å². The van der Waals surface area contributed by atoms with Crippen molar-refractivity contribution in [3.8, 4) is 11.5 Å². The standard InChI is InChI=1S/C14H17NO5/c1-20-9-3-4-10(11(16)7-9)12(17)15-8-14(13(18)19)5-2-6-14/h3-4,7,16H,2,5-6,8H2,1H3,(H,15,17)(H,18,19). The van der Waals surface area contributed by atoms with E-state index in [0.717, 1.165) is 6.42 Å². The van der Waals surface area contributed by atoms with E-state index in [9.17, 15) is 19.8 Å². The lowest BCUT2D eigenvalue weighted by molar-refractivity contribution is -0.153. The van der Waals surface area contributed by atoms with Gasteiger partial charge in [-0.05, 0) is 25.0 Å². The van der Waals surface area contributed by atoms with E-state index in [0.29, 0.717) is 18.6 Å². The van der Waals surface area contributed by atoms with Crippen molar-refractivity contribution in [2.45, 2.75) is 19.3 Å². The minimum absolute atomic E-state index is 0.0760. The molecule has 1 amide bonds. The van der Waals surface area contributed by atoms with Gasteiger partial charge >= 0.3 is 5.97 Å². The molecule has 0 aliphatic heterocycles. The summed E-state index contributed by atoms with van der Waals surface area (Å²) in [6, 6.07) is 4.34. The predicted molar refractivity (Wildman–Crippen MR) is 70.9 cm³/mol. The summed E-state index contributed by atoms with van der Waals surface area (Å²) in [7, 11) is 1.46. The molecule has 1 aromatic rings. The SMILES string of the molecule is COc1ccc(C(=O)NCC2(C(=O)O)CCC2)c(O)c1. The molecule has 6 heteroatoms. The van der Waals surface area contributed by atoms with Crippen LogP contribution in [-0.2, 0) is 4.79 Å². The molecule has 0 radical (unpaired) electrons. The minimum atomic E-state index is -0.886. The van der Waals surface area contributed by atoms with Crippen LogP contribution in [0, 0.1) is 5.41 Å². The number of phenolic OH excluding ortho intramolecular Hbond substituents is 1. The van der Waals surface area contributed by atoms with Gasteiger partial charge in [-0.15, -0.1) is 0 Å². The van der Waals surface area contributed by atoms with Gasteiger partial charge < -0.3 is 20.3 Å². The number of hydrogen-bond donors (Lipinski definition) is 3. The highest BCUT2D eigenvalue weighted by molar-refractivity contribution is 5.97. The van der Waals surface area contributed by atoms with Crippen LogP contribution in [-0.4, -0.2) is 35.7 Å². The smallest absolute Gasteiger partial charge is 0.311 e. The zero-order chi connectivity index (χ0) is 14.8. The Hall–Kier alpha value is -2.24. The number of carbonyl (C=O) groups excluding carboxylic acids is 1. The minimum Gasteiger partial charge on any atom is -0.507 e. The van der Waals surface area contributed by atoms with Crippen molar-refractivity contribution in [2.24, 2.45) is 5.41 Å². The molecule has 0 spiro atoms. The van der Waals surface area contributed by atoms with Gasteiger partial charge in [0, 0.05) is 12.6 Å². The molecule has 20 heavy (non-hydrogen) atoms. The monoisotopic (exact) mass is 279 g/mol. The molecule has 0 atom stereocenters. The number of rotatable bonds is 5. The fourth-order valence-corrected chi connectivity index (χ4v) is 2.24. The van der Waals surface area contributed by atoms with Crippen molar-refractivity contribution in [3.05, 3.63) is 23.8 Å². The van der Waals surface area contributed by atoms with Gasteiger partial charge in [-0.2, -0.15) is 0 Å². The molecule has 6 nitrogen and oxygen atoms in total. The Morgan fingerprint density at radius 3 is 2.55 bits per heavy atom. The third-order valence-electron chi connectivity index (χ3n) is 3.80. The van der Waals surface area contributed by atoms with Gasteiger partial charge in [0.25, 0.3) is 5.91 Å². The van der Waals surface area contributed by atoms with Crippen LogP contribution in [0.25, 0.3) is 0 Å². The average Bonchev–Trinajstić information content (AvgIpc) is 2.36. The van der Waals surface area contributed by atoms with Crippen molar-refractivity contribution in [3.63, 3.8) is 0 Å². The van der Waals surface area contributed by atoms with E-state index in [-0.39, 0.29) is 17.9 Å². The van der Waals surface area contributed by atoms with Crippen LogP contribution in [0.15, 0.2) is 18.2 Å². The maximum atomic E-state index is 12.0. The Balaban J connectivity index is 2.03. The van der Waals surface area contributed by atoms with E-state index in [4.69, 9.17) is 4.74 Å². The molecule has 1 aliphatic rings. The molecule has 108 valence electrons. The van der Waals surface area contributed by atoms with Gasteiger partial charge in [0.1, 0.15) is 11.5 Å². The number of amides is 1. The summed E-state index contributed by atoms with van der Waals surface area (Å²) >= 11 is 0. The molecule has 0 unspecified atom stereocenters. The molecular weight excluding hydrogens is 262 g/mol. The molecule has 1 fully saturated rings. The Kier molecular flexibility index (Phi) is 3.83. The molecule has 1 saturated carbocycles.